The fourth-order valence-corrected chi connectivity index (χ4v) is 2.39. The van der Waals surface area contributed by atoms with Gasteiger partial charge in [-0.1, -0.05) is 24.3 Å². The second-order valence-corrected chi connectivity index (χ2v) is 5.33. The Labute approximate surface area is 124 Å². The second kappa shape index (κ2) is 5.48. The van der Waals surface area contributed by atoms with E-state index in [1.807, 2.05) is 62.4 Å². The van der Waals surface area contributed by atoms with Gasteiger partial charge in [0.05, 0.1) is 11.7 Å². The largest absolute Gasteiger partial charge is 0.491 e. The number of carbonyl (C=O) groups is 1. The van der Waals surface area contributed by atoms with E-state index in [0.717, 1.165) is 17.0 Å². The van der Waals surface area contributed by atoms with E-state index < -0.39 is 0 Å². The molecule has 108 valence electrons. The van der Waals surface area contributed by atoms with E-state index >= 15 is 0 Å². The number of anilines is 1. The predicted molar refractivity (Wildman–Crippen MR) is 82.5 cm³/mol. The Hall–Kier alpha value is -2.49. The van der Waals surface area contributed by atoms with Crippen LogP contribution in [-0.2, 0) is 0 Å². The summed E-state index contributed by atoms with van der Waals surface area (Å²) in [5, 5.41) is 6.29. The summed E-state index contributed by atoms with van der Waals surface area (Å²) < 4.78 is 5.63. The second-order valence-electron chi connectivity index (χ2n) is 5.33. The lowest BCUT2D eigenvalue weighted by Gasteiger charge is -2.28. The molecule has 1 atom stereocenters. The molecule has 0 aliphatic carbocycles. The number of benzene rings is 2. The van der Waals surface area contributed by atoms with Gasteiger partial charge in [-0.15, -0.1) is 0 Å². The van der Waals surface area contributed by atoms with Crippen LogP contribution in [0.15, 0.2) is 48.5 Å². The Bertz CT molecular complexity index is 650. The minimum Gasteiger partial charge on any atom is -0.491 e. The Morgan fingerprint density at radius 1 is 1.00 bits per heavy atom. The van der Waals surface area contributed by atoms with Crippen molar-refractivity contribution in [2.45, 2.75) is 26.1 Å². The van der Waals surface area contributed by atoms with Gasteiger partial charge in [-0.2, -0.15) is 0 Å². The Morgan fingerprint density at radius 3 is 2.43 bits per heavy atom. The smallest absolute Gasteiger partial charge is 0.255 e. The SMILES string of the molecule is CC(C)Oc1ccc(C2NC(=O)c3ccccc3N2)cc1. The van der Waals surface area contributed by atoms with Gasteiger partial charge in [0.15, 0.2) is 0 Å². The third-order valence-electron chi connectivity index (χ3n) is 3.33. The van der Waals surface area contributed by atoms with Crippen molar-refractivity contribution in [1.29, 1.82) is 0 Å². The van der Waals surface area contributed by atoms with E-state index in [-0.39, 0.29) is 18.2 Å². The first-order valence-corrected chi connectivity index (χ1v) is 7.06. The maximum Gasteiger partial charge on any atom is 0.255 e. The lowest BCUT2D eigenvalue weighted by molar-refractivity contribution is 0.0935. The van der Waals surface area contributed by atoms with Crippen LogP contribution in [0.25, 0.3) is 0 Å². The molecule has 0 aromatic heterocycles. The van der Waals surface area contributed by atoms with Crippen LogP contribution in [0, 0.1) is 0 Å². The van der Waals surface area contributed by atoms with Gasteiger partial charge in [-0.3, -0.25) is 4.79 Å². The molecular formula is C17H18N2O2. The molecule has 0 spiro atoms. The highest BCUT2D eigenvalue weighted by molar-refractivity contribution is 6.01. The van der Waals surface area contributed by atoms with Crippen molar-refractivity contribution in [3.05, 3.63) is 59.7 Å². The number of ether oxygens (including phenoxy) is 1. The minimum atomic E-state index is -0.222. The highest BCUT2D eigenvalue weighted by Crippen LogP contribution is 2.27. The summed E-state index contributed by atoms with van der Waals surface area (Å²) in [6.07, 6.45) is -0.0734. The molecule has 0 saturated heterocycles. The highest BCUT2D eigenvalue weighted by atomic mass is 16.5. The zero-order chi connectivity index (χ0) is 14.8. The van der Waals surface area contributed by atoms with Crippen LogP contribution < -0.4 is 15.4 Å². The summed E-state index contributed by atoms with van der Waals surface area (Å²) in [5.41, 5.74) is 2.52. The molecule has 2 aromatic carbocycles. The summed E-state index contributed by atoms with van der Waals surface area (Å²) in [6.45, 7) is 3.99. The van der Waals surface area contributed by atoms with Crippen molar-refractivity contribution in [2.75, 3.05) is 5.32 Å². The predicted octanol–water partition coefficient (Wildman–Crippen LogP) is 3.33. The molecule has 3 rings (SSSR count). The number of nitrogens with one attached hydrogen (secondary N) is 2. The van der Waals surface area contributed by atoms with E-state index in [2.05, 4.69) is 10.6 Å². The van der Waals surface area contributed by atoms with E-state index in [9.17, 15) is 4.79 Å². The number of rotatable bonds is 3. The summed E-state index contributed by atoms with van der Waals surface area (Å²) in [6, 6.07) is 15.3. The van der Waals surface area contributed by atoms with Crippen molar-refractivity contribution in [1.82, 2.24) is 5.32 Å². The first kappa shape index (κ1) is 13.5. The number of carbonyl (C=O) groups excluding carboxylic acids is 1. The molecule has 1 heterocycles. The molecule has 21 heavy (non-hydrogen) atoms. The summed E-state index contributed by atoms with van der Waals surface area (Å²) >= 11 is 0. The molecule has 0 radical (unpaired) electrons. The Balaban J connectivity index is 1.81. The van der Waals surface area contributed by atoms with Gasteiger partial charge in [-0.05, 0) is 43.7 Å². The van der Waals surface area contributed by atoms with Gasteiger partial charge in [0, 0.05) is 5.69 Å². The molecule has 1 unspecified atom stereocenters. The quantitative estimate of drug-likeness (QED) is 0.908. The number of amides is 1. The van der Waals surface area contributed by atoms with E-state index in [4.69, 9.17) is 4.74 Å². The third-order valence-corrected chi connectivity index (χ3v) is 3.33. The van der Waals surface area contributed by atoms with Gasteiger partial charge in [0.2, 0.25) is 0 Å². The van der Waals surface area contributed by atoms with E-state index in [0.29, 0.717) is 5.56 Å². The normalized spacial score (nSPS) is 16.9. The van der Waals surface area contributed by atoms with Crippen molar-refractivity contribution in [2.24, 2.45) is 0 Å². The number of hydrogen-bond acceptors (Lipinski definition) is 3. The third kappa shape index (κ3) is 2.84. The average Bonchev–Trinajstić information content (AvgIpc) is 2.47. The van der Waals surface area contributed by atoms with Crippen LogP contribution in [0.2, 0.25) is 0 Å². The summed E-state index contributed by atoms with van der Waals surface area (Å²) in [4.78, 5) is 12.1. The molecule has 2 N–H and O–H groups in total. The number of para-hydroxylation sites is 1. The first-order chi connectivity index (χ1) is 10.1. The van der Waals surface area contributed by atoms with Crippen LogP contribution in [-0.4, -0.2) is 12.0 Å². The molecule has 0 fully saturated rings. The number of hydrogen-bond donors (Lipinski definition) is 2. The molecule has 1 aliphatic rings. The van der Waals surface area contributed by atoms with E-state index in [1.165, 1.54) is 0 Å². The van der Waals surface area contributed by atoms with Gasteiger partial charge >= 0.3 is 0 Å². The molecule has 4 nitrogen and oxygen atoms in total. The van der Waals surface area contributed by atoms with Gasteiger partial charge in [0.25, 0.3) is 5.91 Å². The van der Waals surface area contributed by atoms with Crippen molar-refractivity contribution in [3.63, 3.8) is 0 Å². The van der Waals surface area contributed by atoms with Crippen LogP contribution in [0.1, 0.15) is 35.9 Å². The van der Waals surface area contributed by atoms with Crippen LogP contribution in [0.3, 0.4) is 0 Å². The zero-order valence-electron chi connectivity index (χ0n) is 12.1. The molecule has 0 bridgehead atoms. The average molecular weight is 282 g/mol. The van der Waals surface area contributed by atoms with Crippen molar-refractivity contribution in [3.8, 4) is 5.75 Å². The topological polar surface area (TPSA) is 50.4 Å². The molecule has 4 heteroatoms. The molecule has 1 amide bonds. The van der Waals surface area contributed by atoms with E-state index in [1.54, 1.807) is 0 Å². The van der Waals surface area contributed by atoms with Gasteiger partial charge < -0.3 is 15.4 Å². The number of fused-ring (bicyclic) bond motifs is 1. The minimum absolute atomic E-state index is 0.0585. The Morgan fingerprint density at radius 2 is 1.71 bits per heavy atom. The fourth-order valence-electron chi connectivity index (χ4n) is 2.39. The lowest BCUT2D eigenvalue weighted by atomic mass is 10.1. The highest BCUT2D eigenvalue weighted by Gasteiger charge is 2.23. The Kier molecular flexibility index (Phi) is 3.52. The van der Waals surface area contributed by atoms with Crippen molar-refractivity contribution >= 4 is 11.6 Å². The summed E-state index contributed by atoms with van der Waals surface area (Å²) in [5.74, 6) is 0.771. The summed E-state index contributed by atoms with van der Waals surface area (Å²) in [7, 11) is 0. The van der Waals surface area contributed by atoms with Crippen LogP contribution in [0.4, 0.5) is 5.69 Å². The lowest BCUT2D eigenvalue weighted by Crippen LogP contribution is -2.38. The standard InChI is InChI=1S/C17H18N2O2/c1-11(2)21-13-9-7-12(8-10-13)16-18-15-6-4-3-5-14(15)17(20)19-16/h3-11,16,18H,1-2H3,(H,19,20). The maximum absolute atomic E-state index is 12.1. The monoisotopic (exact) mass is 282 g/mol. The molecular weight excluding hydrogens is 264 g/mol. The first-order valence-electron chi connectivity index (χ1n) is 7.06. The van der Waals surface area contributed by atoms with Gasteiger partial charge in [0.1, 0.15) is 11.9 Å². The molecule has 2 aromatic rings. The van der Waals surface area contributed by atoms with Crippen LogP contribution in [0.5, 0.6) is 5.75 Å². The van der Waals surface area contributed by atoms with Crippen LogP contribution >= 0.6 is 0 Å². The van der Waals surface area contributed by atoms with Gasteiger partial charge in [-0.25, -0.2) is 0 Å². The van der Waals surface area contributed by atoms with Crippen molar-refractivity contribution < 1.29 is 9.53 Å². The molecule has 1 aliphatic heterocycles. The zero-order valence-corrected chi connectivity index (χ0v) is 12.1. The molecule has 0 saturated carbocycles. The fraction of sp³-hybridized carbons (Fsp3) is 0.235. The maximum atomic E-state index is 12.1.